The maximum absolute atomic E-state index is 12.4. The van der Waals surface area contributed by atoms with Gasteiger partial charge in [-0.3, -0.25) is 0 Å². The molecule has 0 saturated carbocycles. The monoisotopic (exact) mass is 369 g/mol. The second kappa shape index (κ2) is 8.12. The van der Waals surface area contributed by atoms with E-state index in [0.29, 0.717) is 17.1 Å². The van der Waals surface area contributed by atoms with E-state index in [1.807, 2.05) is 19.1 Å². The Hall–Kier alpha value is -3.02. The van der Waals surface area contributed by atoms with Crippen LogP contribution in [0.1, 0.15) is 39.9 Å². The van der Waals surface area contributed by atoms with E-state index >= 15 is 0 Å². The molecule has 0 aromatic heterocycles. The van der Waals surface area contributed by atoms with E-state index in [2.05, 4.69) is 5.16 Å². The second-order valence-corrected chi connectivity index (χ2v) is 6.32. The number of carbonyl (C=O) groups excluding carboxylic acids is 1. The lowest BCUT2D eigenvalue weighted by Gasteiger charge is -2.19. The predicted molar refractivity (Wildman–Crippen MR) is 102 cm³/mol. The molecule has 0 heterocycles. The molecule has 0 unspecified atom stereocenters. The van der Waals surface area contributed by atoms with Crippen molar-refractivity contribution < 1.29 is 23.8 Å². The summed E-state index contributed by atoms with van der Waals surface area (Å²) in [5, 5.41) is 4.15. The van der Waals surface area contributed by atoms with Crippen molar-refractivity contribution in [2.75, 3.05) is 21.3 Å². The van der Waals surface area contributed by atoms with Crippen molar-refractivity contribution in [1.82, 2.24) is 0 Å². The molecular weight excluding hydrogens is 346 g/mol. The zero-order valence-electron chi connectivity index (χ0n) is 16.0. The van der Waals surface area contributed by atoms with Crippen LogP contribution >= 0.6 is 0 Å². The normalized spacial score (nSPS) is 14.4. The number of fused-ring (bicyclic) bond motifs is 1. The molecule has 3 rings (SSSR count). The summed E-state index contributed by atoms with van der Waals surface area (Å²) in [5.41, 5.74) is 4.32. The molecule has 0 bridgehead atoms. The van der Waals surface area contributed by atoms with Crippen molar-refractivity contribution >= 4 is 11.7 Å². The molecule has 142 valence electrons. The summed E-state index contributed by atoms with van der Waals surface area (Å²) < 4.78 is 15.8. The number of aryl methyl sites for hydroxylation is 2. The van der Waals surface area contributed by atoms with Crippen molar-refractivity contribution in [2.45, 2.75) is 26.2 Å². The molecule has 0 spiro atoms. The van der Waals surface area contributed by atoms with Crippen LogP contribution in [0.2, 0.25) is 0 Å². The molecule has 1 aliphatic carbocycles. The quantitative estimate of drug-likeness (QED) is 0.590. The van der Waals surface area contributed by atoms with Crippen molar-refractivity contribution in [3.63, 3.8) is 0 Å². The third kappa shape index (κ3) is 3.89. The van der Waals surface area contributed by atoms with Crippen LogP contribution in [0.3, 0.4) is 0 Å². The second-order valence-electron chi connectivity index (χ2n) is 6.32. The highest BCUT2D eigenvalue weighted by Crippen LogP contribution is 2.30. The van der Waals surface area contributed by atoms with Crippen LogP contribution in [-0.4, -0.2) is 33.0 Å². The Morgan fingerprint density at radius 3 is 2.37 bits per heavy atom. The molecule has 6 heteroatoms. The molecule has 0 aliphatic heterocycles. The summed E-state index contributed by atoms with van der Waals surface area (Å²) in [6.45, 7) is 1.99. The van der Waals surface area contributed by atoms with E-state index in [4.69, 9.17) is 19.0 Å². The molecule has 6 nitrogen and oxygen atoms in total. The van der Waals surface area contributed by atoms with Gasteiger partial charge in [0.2, 0.25) is 0 Å². The van der Waals surface area contributed by atoms with E-state index in [1.54, 1.807) is 32.4 Å². The van der Waals surface area contributed by atoms with Gasteiger partial charge in [0.25, 0.3) is 0 Å². The van der Waals surface area contributed by atoms with E-state index in [9.17, 15) is 4.79 Å². The highest BCUT2D eigenvalue weighted by molar-refractivity contribution is 6.03. The molecule has 0 saturated heterocycles. The minimum Gasteiger partial charge on any atom is -0.496 e. The van der Waals surface area contributed by atoms with Gasteiger partial charge in [-0.1, -0.05) is 5.16 Å². The number of ether oxygens (including phenoxy) is 3. The minimum absolute atomic E-state index is 0.346. The highest BCUT2D eigenvalue weighted by Gasteiger charge is 2.19. The number of rotatable bonds is 5. The van der Waals surface area contributed by atoms with Crippen molar-refractivity contribution in [3.05, 3.63) is 52.6 Å². The largest absolute Gasteiger partial charge is 0.496 e. The Balaban J connectivity index is 1.83. The highest BCUT2D eigenvalue weighted by atomic mass is 16.7. The first-order chi connectivity index (χ1) is 13.1. The number of benzene rings is 2. The Labute approximate surface area is 158 Å². The number of methoxy groups -OCH3 is 3. The third-order valence-corrected chi connectivity index (χ3v) is 4.65. The zero-order chi connectivity index (χ0) is 19.4. The van der Waals surface area contributed by atoms with Crippen LogP contribution in [0.4, 0.5) is 0 Å². The van der Waals surface area contributed by atoms with Crippen LogP contribution in [0.5, 0.6) is 17.2 Å². The molecule has 0 atom stereocenters. The first kappa shape index (κ1) is 18.8. The first-order valence-electron chi connectivity index (χ1n) is 8.75. The molecule has 0 amide bonds. The Bertz CT molecular complexity index is 888. The lowest BCUT2D eigenvalue weighted by molar-refractivity contribution is 0.0515. The third-order valence-electron chi connectivity index (χ3n) is 4.65. The van der Waals surface area contributed by atoms with Gasteiger partial charge in [0, 0.05) is 5.56 Å². The fraction of sp³-hybridized carbons (Fsp3) is 0.333. The number of nitrogens with zero attached hydrogens (tertiary/aromatic N) is 1. The summed E-state index contributed by atoms with van der Waals surface area (Å²) in [5.74, 6) is 1.33. The van der Waals surface area contributed by atoms with Gasteiger partial charge in [-0.2, -0.15) is 0 Å². The fourth-order valence-electron chi connectivity index (χ4n) is 3.21. The SMILES string of the molecule is COc1cc2c(cc1C)/C(=N/OC(=O)c1ccc(OC)c(OC)c1)CCC2. The van der Waals surface area contributed by atoms with Gasteiger partial charge < -0.3 is 19.0 Å². The zero-order valence-corrected chi connectivity index (χ0v) is 16.0. The van der Waals surface area contributed by atoms with Gasteiger partial charge in [-0.15, -0.1) is 0 Å². The summed E-state index contributed by atoms with van der Waals surface area (Å²) >= 11 is 0. The van der Waals surface area contributed by atoms with Gasteiger partial charge in [0.05, 0.1) is 32.6 Å². The Morgan fingerprint density at radius 1 is 0.926 bits per heavy atom. The van der Waals surface area contributed by atoms with Crippen molar-refractivity contribution in [2.24, 2.45) is 5.16 Å². The van der Waals surface area contributed by atoms with E-state index in [-0.39, 0.29) is 0 Å². The minimum atomic E-state index is -0.541. The van der Waals surface area contributed by atoms with Crippen molar-refractivity contribution in [3.8, 4) is 17.2 Å². The van der Waals surface area contributed by atoms with E-state index in [1.165, 1.54) is 7.11 Å². The summed E-state index contributed by atoms with van der Waals surface area (Å²) in [4.78, 5) is 17.6. The first-order valence-corrected chi connectivity index (χ1v) is 8.75. The summed E-state index contributed by atoms with van der Waals surface area (Å²) in [7, 11) is 4.72. The molecule has 2 aromatic carbocycles. The predicted octanol–water partition coefficient (Wildman–Crippen LogP) is 3.92. The number of hydrogen-bond donors (Lipinski definition) is 0. The molecule has 0 N–H and O–H groups in total. The Morgan fingerprint density at radius 2 is 1.67 bits per heavy atom. The van der Waals surface area contributed by atoms with E-state index < -0.39 is 5.97 Å². The summed E-state index contributed by atoms with van der Waals surface area (Å²) in [6, 6.07) is 8.93. The van der Waals surface area contributed by atoms with Gasteiger partial charge in [0.1, 0.15) is 5.75 Å². The molecule has 27 heavy (non-hydrogen) atoms. The van der Waals surface area contributed by atoms with Gasteiger partial charge in [0.15, 0.2) is 11.5 Å². The van der Waals surface area contributed by atoms with Crippen LogP contribution in [0, 0.1) is 6.92 Å². The molecule has 1 aliphatic rings. The van der Waals surface area contributed by atoms with Crippen LogP contribution in [-0.2, 0) is 11.3 Å². The van der Waals surface area contributed by atoms with Gasteiger partial charge >= 0.3 is 5.97 Å². The average molecular weight is 369 g/mol. The van der Waals surface area contributed by atoms with E-state index in [0.717, 1.165) is 47.4 Å². The van der Waals surface area contributed by atoms with Gasteiger partial charge in [-0.05, 0) is 67.6 Å². The summed E-state index contributed by atoms with van der Waals surface area (Å²) in [6.07, 6.45) is 2.67. The van der Waals surface area contributed by atoms with Crippen LogP contribution in [0.25, 0.3) is 0 Å². The Kier molecular flexibility index (Phi) is 5.64. The van der Waals surface area contributed by atoms with Crippen LogP contribution in [0.15, 0.2) is 35.5 Å². The molecule has 0 radical (unpaired) electrons. The number of oxime groups is 1. The lowest BCUT2D eigenvalue weighted by atomic mass is 9.88. The molecular formula is C21H23NO5. The standard InChI is InChI=1S/C21H23NO5/c1-13-10-16-14(11-19(13)25-3)6-5-7-17(16)22-27-21(23)15-8-9-18(24-2)20(12-15)26-4/h8-12H,5-7H2,1-4H3/b22-17+. The maximum atomic E-state index is 12.4. The van der Waals surface area contributed by atoms with Crippen LogP contribution < -0.4 is 14.2 Å². The lowest BCUT2D eigenvalue weighted by Crippen LogP contribution is -2.14. The average Bonchev–Trinajstić information content (AvgIpc) is 2.70. The number of hydrogen-bond acceptors (Lipinski definition) is 6. The molecule has 0 fully saturated rings. The number of carbonyl (C=O) groups is 1. The topological polar surface area (TPSA) is 66.4 Å². The molecule has 2 aromatic rings. The van der Waals surface area contributed by atoms with Gasteiger partial charge in [-0.25, -0.2) is 4.79 Å². The maximum Gasteiger partial charge on any atom is 0.365 e. The fourth-order valence-corrected chi connectivity index (χ4v) is 3.21. The van der Waals surface area contributed by atoms with Crippen molar-refractivity contribution in [1.29, 1.82) is 0 Å². The smallest absolute Gasteiger partial charge is 0.365 e.